The topological polar surface area (TPSA) is 29.1 Å². The molecule has 2 aromatic rings. The predicted molar refractivity (Wildman–Crippen MR) is 147 cm³/mol. The second-order valence-corrected chi connectivity index (χ2v) is 11.7. The summed E-state index contributed by atoms with van der Waals surface area (Å²) in [6.07, 6.45) is 8.04. The van der Waals surface area contributed by atoms with Gasteiger partial charge in [0.2, 0.25) is 5.91 Å². The third-order valence-corrected chi connectivity index (χ3v) is 8.21. The molecule has 168 valence electrons. The number of nitrogens with one attached hydrogen (secondary N) is 1. The quantitative estimate of drug-likeness (QED) is 0.186. The van der Waals surface area contributed by atoms with Gasteiger partial charge in [0.1, 0.15) is 0 Å². The molecule has 0 aliphatic heterocycles. The van der Waals surface area contributed by atoms with E-state index < -0.39 is 0 Å². The summed E-state index contributed by atoms with van der Waals surface area (Å²) >= 11 is 14.7. The fraction of sp³-hybridized carbons (Fsp3) is 0.480. The van der Waals surface area contributed by atoms with Gasteiger partial charge in [-0.05, 0) is 73.1 Å². The molecule has 31 heavy (non-hydrogen) atoms. The number of hydrogen-bond donors (Lipinski definition) is 1. The van der Waals surface area contributed by atoms with E-state index in [0.29, 0.717) is 6.42 Å². The average molecular weight is 679 g/mol. The molecule has 0 saturated heterocycles. The molecule has 0 unspecified atom stereocenters. The number of carbonyl (C=O) groups is 1. The van der Waals surface area contributed by atoms with E-state index in [1.807, 2.05) is 0 Å². The number of fused-ring (bicyclic) bond motifs is 3. The summed E-state index contributed by atoms with van der Waals surface area (Å²) in [5.74, 6) is 0.103. The molecule has 2 nitrogen and oxygen atoms in total. The van der Waals surface area contributed by atoms with Gasteiger partial charge in [-0.1, -0.05) is 89.6 Å². The van der Waals surface area contributed by atoms with Gasteiger partial charge in [-0.2, -0.15) is 0 Å². The standard InChI is InChI=1S/C25H29Br4NO/c1-2-3-4-7-23(31)30-22-16-18(29)15-21-24(22)19-9-8-17(28)14-20(19)25(21,10-5-12-26)11-6-13-27/h8-9,14-16H,2-7,10-13H2,1H3,(H,30,31). The van der Waals surface area contributed by atoms with Gasteiger partial charge in [0.15, 0.2) is 0 Å². The summed E-state index contributed by atoms with van der Waals surface area (Å²) in [6.45, 7) is 2.16. The minimum atomic E-state index is -0.0541. The van der Waals surface area contributed by atoms with E-state index in [0.717, 1.165) is 70.2 Å². The number of anilines is 1. The van der Waals surface area contributed by atoms with Crippen molar-refractivity contribution in [2.45, 2.75) is 63.7 Å². The smallest absolute Gasteiger partial charge is 0.224 e. The van der Waals surface area contributed by atoms with Crippen molar-refractivity contribution >= 4 is 75.3 Å². The fourth-order valence-electron chi connectivity index (χ4n) is 4.80. The van der Waals surface area contributed by atoms with Crippen LogP contribution < -0.4 is 5.32 Å². The lowest BCUT2D eigenvalue weighted by Gasteiger charge is -2.33. The molecule has 2 aromatic carbocycles. The summed E-state index contributed by atoms with van der Waals surface area (Å²) in [7, 11) is 0. The number of unbranched alkanes of at least 4 members (excludes halogenated alkanes) is 2. The Morgan fingerprint density at radius 2 is 1.58 bits per heavy atom. The Balaban J connectivity index is 2.13. The van der Waals surface area contributed by atoms with Crippen molar-refractivity contribution in [3.05, 3.63) is 50.4 Å². The Morgan fingerprint density at radius 3 is 2.23 bits per heavy atom. The van der Waals surface area contributed by atoms with Gasteiger partial charge in [-0.25, -0.2) is 0 Å². The molecule has 0 spiro atoms. The first-order valence-electron chi connectivity index (χ1n) is 11.0. The molecule has 0 heterocycles. The number of benzene rings is 2. The average Bonchev–Trinajstić information content (AvgIpc) is 3.00. The second-order valence-electron chi connectivity index (χ2n) is 8.24. The highest BCUT2D eigenvalue weighted by Gasteiger charge is 2.43. The molecule has 1 amide bonds. The first-order chi connectivity index (χ1) is 15.0. The molecule has 0 aromatic heterocycles. The van der Waals surface area contributed by atoms with Crippen molar-refractivity contribution in [2.75, 3.05) is 16.0 Å². The highest BCUT2D eigenvalue weighted by molar-refractivity contribution is 9.11. The maximum absolute atomic E-state index is 12.7. The zero-order valence-corrected chi connectivity index (χ0v) is 24.2. The zero-order valence-electron chi connectivity index (χ0n) is 17.9. The SMILES string of the molecule is CCCCCC(=O)Nc1cc(Br)cc2c1-c1ccc(Br)cc1C2(CCCBr)CCCBr. The summed E-state index contributed by atoms with van der Waals surface area (Å²) in [5.41, 5.74) is 6.02. The minimum Gasteiger partial charge on any atom is -0.325 e. The maximum atomic E-state index is 12.7. The van der Waals surface area contributed by atoms with Crippen molar-refractivity contribution in [2.24, 2.45) is 0 Å². The molecule has 0 bridgehead atoms. The maximum Gasteiger partial charge on any atom is 0.224 e. The lowest BCUT2D eigenvalue weighted by atomic mass is 9.71. The molecule has 0 radical (unpaired) electrons. The van der Waals surface area contributed by atoms with Gasteiger partial charge >= 0.3 is 0 Å². The largest absolute Gasteiger partial charge is 0.325 e. The third kappa shape index (κ3) is 5.67. The van der Waals surface area contributed by atoms with Crippen LogP contribution in [0.25, 0.3) is 11.1 Å². The Kier molecular flexibility index (Phi) is 9.69. The Labute approximate surface area is 219 Å². The van der Waals surface area contributed by atoms with Crippen LogP contribution in [-0.4, -0.2) is 16.6 Å². The van der Waals surface area contributed by atoms with E-state index in [9.17, 15) is 4.79 Å². The van der Waals surface area contributed by atoms with Crippen LogP contribution in [0.5, 0.6) is 0 Å². The van der Waals surface area contributed by atoms with Gasteiger partial charge < -0.3 is 5.32 Å². The Bertz CT molecular complexity index is 920. The normalized spacial score (nSPS) is 13.7. The van der Waals surface area contributed by atoms with Crippen LogP contribution >= 0.6 is 63.7 Å². The number of rotatable bonds is 11. The number of carbonyl (C=O) groups excluding carboxylic acids is 1. The lowest BCUT2D eigenvalue weighted by Crippen LogP contribution is -2.26. The summed E-state index contributed by atoms with van der Waals surface area (Å²) < 4.78 is 2.12. The third-order valence-electron chi connectivity index (χ3n) is 6.14. The summed E-state index contributed by atoms with van der Waals surface area (Å²) in [5, 5.41) is 5.21. The molecule has 1 aliphatic rings. The van der Waals surface area contributed by atoms with E-state index >= 15 is 0 Å². The summed E-state index contributed by atoms with van der Waals surface area (Å²) in [6, 6.07) is 11.0. The molecular formula is C25H29Br4NO. The van der Waals surface area contributed by atoms with Gasteiger partial charge in [0.25, 0.3) is 0 Å². The van der Waals surface area contributed by atoms with Gasteiger partial charge in [-0.3, -0.25) is 4.79 Å². The van der Waals surface area contributed by atoms with Gasteiger partial charge in [0, 0.05) is 37.0 Å². The second kappa shape index (κ2) is 11.8. The van der Waals surface area contributed by atoms with Crippen LogP contribution in [0.4, 0.5) is 5.69 Å². The number of amides is 1. The van der Waals surface area contributed by atoms with Gasteiger partial charge in [0.05, 0.1) is 5.69 Å². The van der Waals surface area contributed by atoms with Crippen LogP contribution in [0.1, 0.15) is 69.4 Å². The van der Waals surface area contributed by atoms with Crippen molar-refractivity contribution in [1.29, 1.82) is 0 Å². The van der Waals surface area contributed by atoms with E-state index in [-0.39, 0.29) is 11.3 Å². The van der Waals surface area contributed by atoms with Crippen molar-refractivity contribution < 1.29 is 4.79 Å². The van der Waals surface area contributed by atoms with Crippen LogP contribution in [0.2, 0.25) is 0 Å². The van der Waals surface area contributed by atoms with E-state index in [1.165, 1.54) is 22.3 Å². The van der Waals surface area contributed by atoms with Crippen LogP contribution in [0.15, 0.2) is 39.3 Å². The molecular weight excluding hydrogens is 650 g/mol. The fourth-order valence-corrected chi connectivity index (χ4v) is 6.18. The monoisotopic (exact) mass is 675 g/mol. The summed E-state index contributed by atoms with van der Waals surface area (Å²) in [4.78, 5) is 12.7. The van der Waals surface area contributed by atoms with Crippen molar-refractivity contribution in [1.82, 2.24) is 0 Å². The van der Waals surface area contributed by atoms with Crippen molar-refractivity contribution in [3.8, 4) is 11.1 Å². The minimum absolute atomic E-state index is 0.0541. The number of halogens is 4. The molecule has 1 N–H and O–H groups in total. The lowest BCUT2D eigenvalue weighted by molar-refractivity contribution is -0.116. The predicted octanol–water partition coefficient (Wildman–Crippen LogP) is 9.35. The van der Waals surface area contributed by atoms with E-state index in [1.54, 1.807) is 0 Å². The molecule has 0 atom stereocenters. The molecule has 3 rings (SSSR count). The van der Waals surface area contributed by atoms with E-state index in [2.05, 4.69) is 106 Å². The molecule has 1 aliphatic carbocycles. The van der Waals surface area contributed by atoms with Crippen LogP contribution in [0.3, 0.4) is 0 Å². The van der Waals surface area contributed by atoms with Crippen LogP contribution in [-0.2, 0) is 10.2 Å². The Morgan fingerprint density at radius 1 is 0.903 bits per heavy atom. The van der Waals surface area contributed by atoms with Crippen LogP contribution in [0, 0.1) is 0 Å². The highest BCUT2D eigenvalue weighted by Crippen LogP contribution is 2.57. The molecule has 0 saturated carbocycles. The van der Waals surface area contributed by atoms with E-state index in [4.69, 9.17) is 0 Å². The Hall–Kier alpha value is -0.170. The first-order valence-corrected chi connectivity index (χ1v) is 14.9. The molecule has 6 heteroatoms. The van der Waals surface area contributed by atoms with Gasteiger partial charge in [-0.15, -0.1) is 0 Å². The zero-order chi connectivity index (χ0) is 22.4. The number of hydrogen-bond acceptors (Lipinski definition) is 1. The van der Waals surface area contributed by atoms with Crippen molar-refractivity contribution in [3.63, 3.8) is 0 Å². The first kappa shape index (κ1) is 25.5. The highest BCUT2D eigenvalue weighted by atomic mass is 79.9. The number of alkyl halides is 2. The molecule has 0 fully saturated rings.